The van der Waals surface area contributed by atoms with Crippen LogP contribution in [-0.2, 0) is 21.5 Å². The zero-order chi connectivity index (χ0) is 25.4. The number of benzene rings is 2. The third kappa shape index (κ3) is 6.12. The van der Waals surface area contributed by atoms with Crippen molar-refractivity contribution in [2.24, 2.45) is 0 Å². The first-order valence-corrected chi connectivity index (χ1v) is 12.2. The summed E-state index contributed by atoms with van der Waals surface area (Å²) in [4.78, 5) is 33.3. The maximum atomic E-state index is 12.4. The van der Waals surface area contributed by atoms with Crippen molar-refractivity contribution in [1.82, 2.24) is 36.4 Å². The molecule has 4 rings (SSSR count). The summed E-state index contributed by atoms with van der Waals surface area (Å²) >= 11 is 0. The van der Waals surface area contributed by atoms with E-state index in [-0.39, 0.29) is 18.0 Å². The highest BCUT2D eigenvalue weighted by atomic mass is 16.2. The quantitative estimate of drug-likeness (QED) is 0.339. The van der Waals surface area contributed by atoms with Crippen LogP contribution in [0.3, 0.4) is 0 Å². The van der Waals surface area contributed by atoms with Crippen molar-refractivity contribution in [2.75, 3.05) is 26.2 Å². The first kappa shape index (κ1) is 25.4. The second-order valence-corrected chi connectivity index (χ2v) is 8.95. The molecule has 0 bridgehead atoms. The number of hydrazine groups is 1. The van der Waals surface area contributed by atoms with E-state index in [9.17, 15) is 9.59 Å². The number of hydrogen-bond donors (Lipinski definition) is 4. The SMILES string of the molecule is CC(=O)NCCNC1CNCC(Cc2ccccc2)(c2ccnc(-c3ccccc3)n2)N1NC(C)=O. The Morgan fingerprint density at radius 3 is 2.42 bits per heavy atom. The van der Waals surface area contributed by atoms with Crippen LogP contribution in [0.25, 0.3) is 11.4 Å². The molecule has 2 atom stereocenters. The highest BCUT2D eigenvalue weighted by molar-refractivity contribution is 5.73. The van der Waals surface area contributed by atoms with Gasteiger partial charge in [-0.2, -0.15) is 5.01 Å². The second kappa shape index (κ2) is 11.9. The standard InChI is InChI=1S/C27H33N7O2/c1-20(35)29-15-16-30-25-18-28-19-27(34(25)33-21(2)36,17-22-9-5-3-6-10-22)24-13-14-31-26(32-24)23-11-7-4-8-12-23/h3-14,25,28,30H,15-19H2,1-2H3,(H,29,35)(H,33,36). The highest BCUT2D eigenvalue weighted by Gasteiger charge is 2.47. The zero-order valence-electron chi connectivity index (χ0n) is 20.7. The molecule has 2 amide bonds. The molecule has 2 aromatic carbocycles. The second-order valence-electron chi connectivity index (χ2n) is 8.95. The lowest BCUT2D eigenvalue weighted by molar-refractivity contribution is -0.134. The van der Waals surface area contributed by atoms with Gasteiger partial charge in [0.2, 0.25) is 11.8 Å². The Morgan fingerprint density at radius 2 is 1.72 bits per heavy atom. The number of hydrogen-bond acceptors (Lipinski definition) is 7. The van der Waals surface area contributed by atoms with Crippen LogP contribution in [0.15, 0.2) is 72.9 Å². The first-order chi connectivity index (χ1) is 17.5. The van der Waals surface area contributed by atoms with Crippen LogP contribution in [0.1, 0.15) is 25.1 Å². The topological polar surface area (TPSA) is 111 Å². The molecule has 3 aromatic rings. The van der Waals surface area contributed by atoms with E-state index in [1.807, 2.05) is 59.6 Å². The summed E-state index contributed by atoms with van der Waals surface area (Å²) in [5.41, 5.74) is 5.23. The number of carbonyl (C=O) groups excluding carboxylic acids is 2. The van der Waals surface area contributed by atoms with Crippen molar-refractivity contribution < 1.29 is 9.59 Å². The lowest BCUT2D eigenvalue weighted by atomic mass is 9.84. The summed E-state index contributed by atoms with van der Waals surface area (Å²) in [5, 5.41) is 11.8. The largest absolute Gasteiger partial charge is 0.355 e. The van der Waals surface area contributed by atoms with Gasteiger partial charge < -0.3 is 10.6 Å². The van der Waals surface area contributed by atoms with Crippen LogP contribution in [0.4, 0.5) is 0 Å². The fraction of sp³-hybridized carbons (Fsp3) is 0.333. The third-order valence-corrected chi connectivity index (χ3v) is 6.19. The van der Waals surface area contributed by atoms with Gasteiger partial charge in [0.25, 0.3) is 0 Å². The molecule has 188 valence electrons. The van der Waals surface area contributed by atoms with Crippen molar-refractivity contribution in [3.63, 3.8) is 0 Å². The van der Waals surface area contributed by atoms with Crippen LogP contribution >= 0.6 is 0 Å². The van der Waals surface area contributed by atoms with E-state index in [0.29, 0.717) is 38.4 Å². The number of nitrogens with zero attached hydrogens (tertiary/aromatic N) is 3. The van der Waals surface area contributed by atoms with E-state index in [1.54, 1.807) is 6.20 Å². The molecule has 9 heteroatoms. The number of rotatable bonds is 9. The van der Waals surface area contributed by atoms with Crippen LogP contribution in [-0.4, -0.2) is 59.1 Å². The average molecular weight is 488 g/mol. The van der Waals surface area contributed by atoms with Gasteiger partial charge in [-0.1, -0.05) is 60.7 Å². The molecule has 0 radical (unpaired) electrons. The minimum absolute atomic E-state index is 0.0786. The average Bonchev–Trinajstić information content (AvgIpc) is 2.89. The van der Waals surface area contributed by atoms with Crippen molar-refractivity contribution >= 4 is 11.8 Å². The molecule has 1 aliphatic rings. The normalized spacial score (nSPS) is 20.0. The lowest BCUT2D eigenvalue weighted by Crippen LogP contribution is -2.73. The molecule has 1 aromatic heterocycles. The Kier molecular flexibility index (Phi) is 8.37. The number of piperazine rings is 1. The molecule has 2 heterocycles. The van der Waals surface area contributed by atoms with Gasteiger partial charge in [-0.3, -0.25) is 20.3 Å². The van der Waals surface area contributed by atoms with Gasteiger partial charge in [0.1, 0.15) is 5.54 Å². The highest BCUT2D eigenvalue weighted by Crippen LogP contribution is 2.34. The molecule has 9 nitrogen and oxygen atoms in total. The molecule has 0 spiro atoms. The summed E-state index contributed by atoms with van der Waals surface area (Å²) in [6.07, 6.45) is 2.14. The Balaban J connectivity index is 1.76. The van der Waals surface area contributed by atoms with Gasteiger partial charge in [-0.15, -0.1) is 0 Å². The monoisotopic (exact) mass is 487 g/mol. The van der Waals surface area contributed by atoms with E-state index < -0.39 is 5.54 Å². The summed E-state index contributed by atoms with van der Waals surface area (Å²) < 4.78 is 0. The summed E-state index contributed by atoms with van der Waals surface area (Å²) in [5.74, 6) is 0.384. The minimum Gasteiger partial charge on any atom is -0.355 e. The van der Waals surface area contributed by atoms with Gasteiger partial charge >= 0.3 is 0 Å². The Morgan fingerprint density at radius 1 is 1.00 bits per heavy atom. The van der Waals surface area contributed by atoms with Crippen LogP contribution < -0.4 is 21.4 Å². The van der Waals surface area contributed by atoms with Crippen LogP contribution in [0.2, 0.25) is 0 Å². The molecule has 1 saturated heterocycles. The maximum absolute atomic E-state index is 12.4. The van der Waals surface area contributed by atoms with Gasteiger partial charge in [-0.25, -0.2) is 9.97 Å². The van der Waals surface area contributed by atoms with Crippen molar-refractivity contribution in [1.29, 1.82) is 0 Å². The molecule has 0 aliphatic carbocycles. The van der Waals surface area contributed by atoms with Crippen molar-refractivity contribution in [3.05, 3.63) is 84.2 Å². The predicted molar refractivity (Wildman–Crippen MR) is 138 cm³/mol. The predicted octanol–water partition coefficient (Wildman–Crippen LogP) is 1.59. The summed E-state index contributed by atoms with van der Waals surface area (Å²) in [7, 11) is 0. The summed E-state index contributed by atoms with van der Waals surface area (Å²) in [6.45, 7) is 5.21. The van der Waals surface area contributed by atoms with E-state index in [2.05, 4.69) is 38.5 Å². The van der Waals surface area contributed by atoms with E-state index in [0.717, 1.165) is 16.8 Å². The Labute approximate surface area is 211 Å². The van der Waals surface area contributed by atoms with Gasteiger partial charge in [0.15, 0.2) is 5.82 Å². The number of carbonyl (C=O) groups is 2. The van der Waals surface area contributed by atoms with E-state index in [4.69, 9.17) is 4.98 Å². The van der Waals surface area contributed by atoms with Gasteiger partial charge in [-0.05, 0) is 18.1 Å². The smallest absolute Gasteiger partial charge is 0.231 e. The van der Waals surface area contributed by atoms with Crippen LogP contribution in [0.5, 0.6) is 0 Å². The molecule has 4 N–H and O–H groups in total. The van der Waals surface area contributed by atoms with Gasteiger partial charge in [0, 0.05) is 51.8 Å². The Hall–Kier alpha value is -3.66. The third-order valence-electron chi connectivity index (χ3n) is 6.19. The minimum atomic E-state index is -0.705. The van der Waals surface area contributed by atoms with Crippen LogP contribution in [0, 0.1) is 0 Å². The number of aromatic nitrogens is 2. The fourth-order valence-electron chi connectivity index (χ4n) is 4.62. The molecular weight excluding hydrogens is 454 g/mol. The van der Waals surface area contributed by atoms with Crippen molar-refractivity contribution in [2.45, 2.75) is 32.0 Å². The molecule has 1 aliphatic heterocycles. The van der Waals surface area contributed by atoms with Gasteiger partial charge in [0.05, 0.1) is 11.9 Å². The Bertz CT molecular complexity index is 1160. The van der Waals surface area contributed by atoms with Crippen molar-refractivity contribution in [3.8, 4) is 11.4 Å². The molecule has 2 unspecified atom stereocenters. The fourth-order valence-corrected chi connectivity index (χ4v) is 4.62. The molecule has 1 fully saturated rings. The zero-order valence-corrected chi connectivity index (χ0v) is 20.7. The summed E-state index contributed by atoms with van der Waals surface area (Å²) in [6, 6.07) is 22.0. The number of nitrogens with one attached hydrogen (secondary N) is 4. The lowest BCUT2D eigenvalue weighted by Gasteiger charge is -2.51. The molecular formula is C27H33N7O2. The molecule has 0 saturated carbocycles. The maximum Gasteiger partial charge on any atom is 0.231 e. The number of amides is 2. The van der Waals surface area contributed by atoms with E-state index >= 15 is 0 Å². The molecule has 36 heavy (non-hydrogen) atoms. The first-order valence-electron chi connectivity index (χ1n) is 12.2. The van der Waals surface area contributed by atoms with E-state index in [1.165, 1.54) is 13.8 Å².